The molecule has 0 spiro atoms. The minimum absolute atomic E-state index is 0.938. The van der Waals surface area contributed by atoms with Crippen molar-refractivity contribution in [1.82, 2.24) is 0 Å². The third kappa shape index (κ3) is 328. The van der Waals surface area contributed by atoms with Crippen molar-refractivity contribution in [3.05, 3.63) is 18.9 Å². The molecular formula is C4H9NO2S. The van der Waals surface area contributed by atoms with Crippen molar-refractivity contribution in [2.45, 2.75) is 0 Å². The Kier molecular flexibility index (Phi) is 5.97. The summed E-state index contributed by atoms with van der Waals surface area (Å²) < 4.78 is 18.8. The Morgan fingerprint density at radius 1 is 1.50 bits per heavy atom. The molecule has 0 fully saturated rings. The number of rotatable bonds is 0. The maximum absolute atomic E-state index is 9.41. The lowest BCUT2D eigenvalue weighted by atomic mass is 11.0. The first-order valence-electron chi connectivity index (χ1n) is 1.68. The summed E-state index contributed by atoms with van der Waals surface area (Å²) in [6, 6.07) is 0. The van der Waals surface area contributed by atoms with Gasteiger partial charge < -0.3 is 0 Å². The molecule has 0 bridgehead atoms. The minimum atomic E-state index is -3.17. The highest BCUT2D eigenvalue weighted by Crippen LogP contribution is 1.52. The molecule has 0 heterocycles. The SMILES string of the molecule is C=C=C.CS(N)(=O)=O. The molecule has 0 aliphatic heterocycles. The molecule has 0 aromatic heterocycles. The summed E-state index contributed by atoms with van der Waals surface area (Å²) in [5, 5.41) is 4.33. The molecule has 0 aliphatic rings. The second-order valence-electron chi connectivity index (χ2n) is 1.08. The summed E-state index contributed by atoms with van der Waals surface area (Å²) in [7, 11) is -3.17. The van der Waals surface area contributed by atoms with Crippen molar-refractivity contribution < 1.29 is 8.42 Å². The monoisotopic (exact) mass is 135 g/mol. The predicted octanol–water partition coefficient (Wildman–Crippen LogP) is -0.138. The van der Waals surface area contributed by atoms with E-state index >= 15 is 0 Å². The van der Waals surface area contributed by atoms with Gasteiger partial charge in [-0.3, -0.25) is 0 Å². The molecule has 0 saturated carbocycles. The van der Waals surface area contributed by atoms with Gasteiger partial charge in [-0.15, -0.1) is 5.73 Å². The highest BCUT2D eigenvalue weighted by Gasteiger charge is 1.78. The van der Waals surface area contributed by atoms with Crippen LogP contribution in [0.3, 0.4) is 0 Å². The summed E-state index contributed by atoms with van der Waals surface area (Å²) in [6.45, 7) is 6.25. The zero-order valence-electron chi connectivity index (χ0n) is 4.72. The van der Waals surface area contributed by atoms with Crippen LogP contribution >= 0.6 is 0 Å². The number of hydrogen-bond acceptors (Lipinski definition) is 2. The largest absolute Gasteiger partial charge is 0.229 e. The van der Waals surface area contributed by atoms with Crippen LogP contribution in [0.15, 0.2) is 18.9 Å². The fourth-order valence-electron chi connectivity index (χ4n) is 0. The van der Waals surface area contributed by atoms with Crippen LogP contribution in [-0.4, -0.2) is 14.7 Å². The van der Waals surface area contributed by atoms with Gasteiger partial charge in [0.15, 0.2) is 0 Å². The van der Waals surface area contributed by atoms with E-state index in [2.05, 4.69) is 24.0 Å². The quantitative estimate of drug-likeness (QED) is 0.470. The zero-order chi connectivity index (χ0) is 7.21. The topological polar surface area (TPSA) is 60.2 Å². The van der Waals surface area contributed by atoms with Crippen LogP contribution < -0.4 is 5.14 Å². The average molecular weight is 135 g/mol. The highest BCUT2D eigenvalue weighted by atomic mass is 32.2. The molecule has 8 heavy (non-hydrogen) atoms. The Morgan fingerprint density at radius 2 is 1.50 bits per heavy atom. The van der Waals surface area contributed by atoms with Gasteiger partial charge in [0, 0.05) is 0 Å². The van der Waals surface area contributed by atoms with Gasteiger partial charge in [0.25, 0.3) is 0 Å². The summed E-state index contributed by atoms with van der Waals surface area (Å²) >= 11 is 0. The molecule has 0 rings (SSSR count). The van der Waals surface area contributed by atoms with Crippen LogP contribution in [0.1, 0.15) is 0 Å². The molecule has 0 aliphatic carbocycles. The Balaban J connectivity index is 0. The molecule has 0 unspecified atom stereocenters. The van der Waals surface area contributed by atoms with Gasteiger partial charge in [0.05, 0.1) is 6.26 Å². The normalized spacial score (nSPS) is 8.25. The van der Waals surface area contributed by atoms with Crippen molar-refractivity contribution in [3.8, 4) is 0 Å². The van der Waals surface area contributed by atoms with Gasteiger partial charge >= 0.3 is 0 Å². The van der Waals surface area contributed by atoms with E-state index in [1.54, 1.807) is 0 Å². The molecule has 3 nitrogen and oxygen atoms in total. The lowest BCUT2D eigenvalue weighted by Gasteiger charge is -1.71. The van der Waals surface area contributed by atoms with E-state index in [1.165, 1.54) is 0 Å². The fourth-order valence-corrected chi connectivity index (χ4v) is 0. The van der Waals surface area contributed by atoms with E-state index in [4.69, 9.17) is 0 Å². The van der Waals surface area contributed by atoms with E-state index in [0.29, 0.717) is 0 Å². The van der Waals surface area contributed by atoms with E-state index in [-0.39, 0.29) is 0 Å². The first-order valence-corrected chi connectivity index (χ1v) is 3.64. The molecule has 2 N–H and O–H groups in total. The van der Waals surface area contributed by atoms with E-state index < -0.39 is 10.0 Å². The van der Waals surface area contributed by atoms with Gasteiger partial charge in [-0.1, -0.05) is 13.2 Å². The summed E-state index contributed by atoms with van der Waals surface area (Å²) in [6.07, 6.45) is 0.938. The van der Waals surface area contributed by atoms with Crippen LogP contribution in [-0.2, 0) is 10.0 Å². The summed E-state index contributed by atoms with van der Waals surface area (Å²) in [5.41, 5.74) is 2.25. The average Bonchev–Trinajstić information content (AvgIpc) is 1.27. The molecule has 48 valence electrons. The maximum atomic E-state index is 9.41. The van der Waals surface area contributed by atoms with Crippen LogP contribution in [0.2, 0.25) is 0 Å². The fraction of sp³-hybridized carbons (Fsp3) is 0.250. The molecule has 4 heteroatoms. The van der Waals surface area contributed by atoms with E-state index in [0.717, 1.165) is 6.26 Å². The van der Waals surface area contributed by atoms with Gasteiger partial charge in [-0.25, -0.2) is 13.6 Å². The first-order chi connectivity index (χ1) is 3.41. The lowest BCUT2D eigenvalue weighted by molar-refractivity contribution is 0.603. The van der Waals surface area contributed by atoms with Crippen molar-refractivity contribution in [2.24, 2.45) is 5.14 Å². The van der Waals surface area contributed by atoms with Crippen LogP contribution in [0.4, 0.5) is 0 Å². The molecular weight excluding hydrogens is 126 g/mol. The van der Waals surface area contributed by atoms with E-state index in [9.17, 15) is 8.42 Å². The summed E-state index contributed by atoms with van der Waals surface area (Å²) in [4.78, 5) is 0. The standard InChI is InChI=1S/C3H4.CH5NO2S/c1-3-2;1-5(2,3)4/h1-2H2;1H3,(H2,2,3,4). The van der Waals surface area contributed by atoms with Crippen molar-refractivity contribution in [3.63, 3.8) is 0 Å². The molecule has 0 aromatic carbocycles. The van der Waals surface area contributed by atoms with Crippen LogP contribution in [0.25, 0.3) is 0 Å². The Hall–Kier alpha value is -0.570. The lowest BCUT2D eigenvalue weighted by Crippen LogP contribution is -2.07. The van der Waals surface area contributed by atoms with Gasteiger partial charge in [-0.05, 0) is 0 Å². The van der Waals surface area contributed by atoms with Gasteiger partial charge in [0.2, 0.25) is 10.0 Å². The van der Waals surface area contributed by atoms with E-state index in [1.807, 2.05) is 0 Å². The van der Waals surface area contributed by atoms with Crippen LogP contribution in [0.5, 0.6) is 0 Å². The highest BCUT2D eigenvalue weighted by molar-refractivity contribution is 7.88. The number of hydrogen-bond donors (Lipinski definition) is 1. The zero-order valence-corrected chi connectivity index (χ0v) is 5.53. The molecule has 0 amide bonds. The smallest absolute Gasteiger partial charge is 0.206 e. The van der Waals surface area contributed by atoms with Crippen molar-refractivity contribution in [1.29, 1.82) is 0 Å². The number of primary sulfonamides is 1. The number of nitrogens with two attached hydrogens (primary N) is 1. The third-order valence-electron chi connectivity index (χ3n) is 0. The molecule has 0 aromatic rings. The molecule has 0 radical (unpaired) electrons. The van der Waals surface area contributed by atoms with Crippen LogP contribution in [0, 0.1) is 0 Å². The van der Waals surface area contributed by atoms with Crippen molar-refractivity contribution >= 4 is 10.0 Å². The van der Waals surface area contributed by atoms with Crippen molar-refractivity contribution in [2.75, 3.05) is 6.26 Å². The Morgan fingerprint density at radius 3 is 1.50 bits per heavy atom. The van der Waals surface area contributed by atoms with Gasteiger partial charge in [-0.2, -0.15) is 0 Å². The Labute approximate surface area is 49.6 Å². The maximum Gasteiger partial charge on any atom is 0.206 e. The predicted molar refractivity (Wildman–Crippen MR) is 33.8 cm³/mol. The first kappa shape index (κ1) is 10.4. The van der Waals surface area contributed by atoms with Gasteiger partial charge in [0.1, 0.15) is 0 Å². The minimum Gasteiger partial charge on any atom is -0.229 e. The molecule has 0 atom stereocenters. The third-order valence-corrected chi connectivity index (χ3v) is 0. The summed E-state index contributed by atoms with van der Waals surface area (Å²) in [5.74, 6) is 0. The number of sulfonamides is 1. The second kappa shape index (κ2) is 4.59. The second-order valence-corrected chi connectivity index (χ2v) is 2.74. The Bertz CT molecular complexity index is 154. The molecule has 0 saturated heterocycles.